The van der Waals surface area contributed by atoms with Gasteiger partial charge < -0.3 is 15.2 Å². The van der Waals surface area contributed by atoms with Crippen LogP contribution in [0.15, 0.2) is 0 Å². The summed E-state index contributed by atoms with van der Waals surface area (Å²) in [6.45, 7) is 6.25. The zero-order valence-electron chi connectivity index (χ0n) is 12.7. The molecule has 2 saturated carbocycles. The number of methoxy groups -OCH3 is 1. The van der Waals surface area contributed by atoms with Gasteiger partial charge in [0.15, 0.2) is 0 Å². The fourth-order valence-electron chi connectivity index (χ4n) is 3.46. The number of ether oxygens (including phenoxy) is 1. The highest BCUT2D eigenvalue weighted by Crippen LogP contribution is 2.51. The van der Waals surface area contributed by atoms with Crippen molar-refractivity contribution in [2.75, 3.05) is 7.11 Å². The van der Waals surface area contributed by atoms with Crippen LogP contribution < -0.4 is 5.32 Å². The van der Waals surface area contributed by atoms with E-state index in [1.54, 1.807) is 7.11 Å². The lowest BCUT2D eigenvalue weighted by atomic mass is 9.55. The summed E-state index contributed by atoms with van der Waals surface area (Å²) in [7, 11) is 1.70. The summed E-state index contributed by atoms with van der Waals surface area (Å²) in [6, 6.07) is 0.101. The molecule has 20 heavy (non-hydrogen) atoms. The zero-order valence-corrected chi connectivity index (χ0v) is 12.7. The Morgan fingerprint density at radius 1 is 1.20 bits per heavy atom. The van der Waals surface area contributed by atoms with Gasteiger partial charge in [-0.15, -0.1) is 0 Å². The smallest absolute Gasteiger partial charge is 0.306 e. The van der Waals surface area contributed by atoms with E-state index in [4.69, 9.17) is 9.84 Å². The molecule has 5 heteroatoms. The Kier molecular flexibility index (Phi) is 3.84. The normalized spacial score (nSPS) is 39.1. The fraction of sp³-hybridized carbons (Fsp3) is 0.867. The molecule has 2 rings (SSSR count). The van der Waals surface area contributed by atoms with Gasteiger partial charge in [0.1, 0.15) is 0 Å². The van der Waals surface area contributed by atoms with Crippen molar-refractivity contribution in [1.29, 1.82) is 0 Å². The number of amides is 1. The number of carbonyl (C=O) groups is 2. The van der Waals surface area contributed by atoms with E-state index in [1.807, 2.05) is 0 Å². The van der Waals surface area contributed by atoms with Crippen LogP contribution in [0, 0.1) is 17.3 Å². The molecule has 4 atom stereocenters. The molecule has 0 aliphatic heterocycles. The topological polar surface area (TPSA) is 75.6 Å². The van der Waals surface area contributed by atoms with Gasteiger partial charge in [-0.1, -0.05) is 13.8 Å². The molecule has 0 saturated heterocycles. The molecule has 2 fully saturated rings. The van der Waals surface area contributed by atoms with Crippen molar-refractivity contribution < 1.29 is 19.4 Å². The van der Waals surface area contributed by atoms with E-state index >= 15 is 0 Å². The van der Waals surface area contributed by atoms with Gasteiger partial charge >= 0.3 is 5.97 Å². The van der Waals surface area contributed by atoms with E-state index in [0.29, 0.717) is 19.3 Å². The third-order valence-electron chi connectivity index (χ3n) is 5.75. The first kappa shape index (κ1) is 15.3. The van der Waals surface area contributed by atoms with Gasteiger partial charge in [-0.05, 0) is 32.6 Å². The molecule has 0 bridgehead atoms. The van der Waals surface area contributed by atoms with Gasteiger partial charge in [-0.3, -0.25) is 9.59 Å². The Morgan fingerprint density at radius 2 is 1.80 bits per heavy atom. The van der Waals surface area contributed by atoms with Crippen LogP contribution in [0.25, 0.3) is 0 Å². The molecule has 2 N–H and O–H groups in total. The first-order valence-electron chi connectivity index (χ1n) is 7.29. The molecule has 0 radical (unpaired) electrons. The van der Waals surface area contributed by atoms with E-state index in [9.17, 15) is 9.59 Å². The van der Waals surface area contributed by atoms with Crippen LogP contribution in [0.1, 0.15) is 46.5 Å². The molecule has 0 aromatic heterocycles. The van der Waals surface area contributed by atoms with E-state index in [1.165, 1.54) is 0 Å². The largest absolute Gasteiger partial charge is 0.481 e. The minimum absolute atomic E-state index is 0.00461. The molecule has 114 valence electrons. The summed E-state index contributed by atoms with van der Waals surface area (Å²) in [5, 5.41) is 12.1. The number of carboxylic acids is 1. The lowest BCUT2D eigenvalue weighted by Gasteiger charge is -2.59. The number of carboxylic acid groups (broad SMARTS) is 1. The molecule has 2 aliphatic rings. The zero-order chi connectivity index (χ0) is 15.1. The minimum Gasteiger partial charge on any atom is -0.481 e. The quantitative estimate of drug-likeness (QED) is 0.825. The lowest BCUT2D eigenvalue weighted by molar-refractivity contribution is -0.183. The van der Waals surface area contributed by atoms with Crippen molar-refractivity contribution in [3.05, 3.63) is 0 Å². The van der Waals surface area contributed by atoms with Gasteiger partial charge in [0, 0.05) is 24.5 Å². The third-order valence-corrected chi connectivity index (χ3v) is 5.75. The average molecular weight is 283 g/mol. The Balaban J connectivity index is 1.90. The highest BCUT2D eigenvalue weighted by atomic mass is 16.5. The maximum absolute atomic E-state index is 12.3. The van der Waals surface area contributed by atoms with Crippen LogP contribution in [-0.2, 0) is 14.3 Å². The lowest BCUT2D eigenvalue weighted by Crippen LogP contribution is -2.69. The maximum atomic E-state index is 12.3. The van der Waals surface area contributed by atoms with Crippen LogP contribution in [0.5, 0.6) is 0 Å². The van der Waals surface area contributed by atoms with E-state index in [2.05, 4.69) is 26.1 Å². The van der Waals surface area contributed by atoms with Crippen LogP contribution >= 0.6 is 0 Å². The van der Waals surface area contributed by atoms with Crippen molar-refractivity contribution >= 4 is 11.9 Å². The summed E-state index contributed by atoms with van der Waals surface area (Å²) in [5.41, 5.74) is -0.313. The van der Waals surface area contributed by atoms with E-state index in [0.717, 1.165) is 6.42 Å². The number of carbonyl (C=O) groups excluding carboxylic acids is 1. The summed E-state index contributed by atoms with van der Waals surface area (Å²) in [5.74, 6) is -1.29. The van der Waals surface area contributed by atoms with Crippen LogP contribution in [0.4, 0.5) is 0 Å². The van der Waals surface area contributed by atoms with E-state index in [-0.39, 0.29) is 34.8 Å². The standard InChI is InChI=1S/C15H25NO4/c1-14(2)11(8-15(14,3)20-4)16-12(17)9-5-6-10(7-9)13(18)19/h9-11H,5-8H2,1-4H3,(H,16,17)(H,18,19)/t9-,10+,11?,15?/m1/s1. The Labute approximate surface area is 120 Å². The van der Waals surface area contributed by atoms with Crippen molar-refractivity contribution in [3.63, 3.8) is 0 Å². The van der Waals surface area contributed by atoms with Gasteiger partial charge in [0.05, 0.1) is 11.5 Å². The number of hydrogen-bond donors (Lipinski definition) is 2. The third kappa shape index (κ3) is 2.32. The summed E-state index contributed by atoms with van der Waals surface area (Å²) >= 11 is 0. The molecule has 5 nitrogen and oxygen atoms in total. The molecular formula is C15H25NO4. The molecule has 2 aliphatic carbocycles. The molecule has 2 unspecified atom stereocenters. The van der Waals surface area contributed by atoms with Crippen molar-refractivity contribution in [2.24, 2.45) is 17.3 Å². The number of nitrogens with one attached hydrogen (secondary N) is 1. The molecular weight excluding hydrogens is 258 g/mol. The Morgan fingerprint density at radius 3 is 2.25 bits per heavy atom. The second-order valence-electron chi connectivity index (χ2n) is 6.97. The second-order valence-corrected chi connectivity index (χ2v) is 6.97. The maximum Gasteiger partial charge on any atom is 0.306 e. The highest BCUT2D eigenvalue weighted by Gasteiger charge is 2.58. The average Bonchev–Trinajstić information content (AvgIpc) is 2.87. The van der Waals surface area contributed by atoms with Gasteiger partial charge in [0.25, 0.3) is 0 Å². The molecule has 0 aromatic rings. The Hall–Kier alpha value is -1.10. The van der Waals surface area contributed by atoms with E-state index < -0.39 is 5.97 Å². The predicted octanol–water partition coefficient (Wildman–Crippen LogP) is 1.81. The fourth-order valence-corrected chi connectivity index (χ4v) is 3.46. The number of hydrogen-bond acceptors (Lipinski definition) is 3. The minimum atomic E-state index is -0.781. The summed E-state index contributed by atoms with van der Waals surface area (Å²) < 4.78 is 5.55. The van der Waals surface area contributed by atoms with Crippen LogP contribution in [-0.4, -0.2) is 35.7 Å². The van der Waals surface area contributed by atoms with Gasteiger partial charge in [-0.25, -0.2) is 0 Å². The number of rotatable bonds is 4. The van der Waals surface area contributed by atoms with Gasteiger partial charge in [-0.2, -0.15) is 0 Å². The molecule has 0 heterocycles. The van der Waals surface area contributed by atoms with Gasteiger partial charge in [0.2, 0.25) is 5.91 Å². The molecule has 0 aromatic carbocycles. The first-order chi connectivity index (χ1) is 9.21. The summed E-state index contributed by atoms with van der Waals surface area (Å²) in [4.78, 5) is 23.2. The SMILES string of the molecule is COC1(C)CC(NC(=O)[C@@H]2CC[C@H](C(=O)O)C2)C1(C)C. The van der Waals surface area contributed by atoms with Crippen LogP contribution in [0.2, 0.25) is 0 Å². The summed E-state index contributed by atoms with van der Waals surface area (Å²) in [6.07, 6.45) is 2.56. The molecule has 1 amide bonds. The first-order valence-corrected chi connectivity index (χ1v) is 7.29. The van der Waals surface area contributed by atoms with Crippen molar-refractivity contribution in [1.82, 2.24) is 5.32 Å². The predicted molar refractivity (Wildman–Crippen MR) is 74.2 cm³/mol. The molecule has 0 spiro atoms. The highest BCUT2D eigenvalue weighted by molar-refractivity contribution is 5.81. The Bertz CT molecular complexity index is 420. The van der Waals surface area contributed by atoms with Crippen molar-refractivity contribution in [3.8, 4) is 0 Å². The monoisotopic (exact) mass is 283 g/mol. The second kappa shape index (κ2) is 5.02. The van der Waals surface area contributed by atoms with Crippen LogP contribution in [0.3, 0.4) is 0 Å². The van der Waals surface area contributed by atoms with Crippen molar-refractivity contribution in [2.45, 2.75) is 58.1 Å². The number of aliphatic carboxylic acids is 1.